The van der Waals surface area contributed by atoms with E-state index in [1.54, 1.807) is 42.5 Å². The standard InChI is InChI=1S/C24H18Cl2F2O4/c1-30-22-7-3-4-16(23(22)31-14-15-8-10-19(25)20(26)12-15)9-11-21(29)17-5-2-6-18(13-17)32-24(27)28/h2-13,24H,14H2,1H3/b11-9+. The van der Waals surface area contributed by atoms with Gasteiger partial charge in [-0.3, -0.25) is 4.79 Å². The van der Waals surface area contributed by atoms with Gasteiger partial charge in [-0.1, -0.05) is 53.5 Å². The van der Waals surface area contributed by atoms with Gasteiger partial charge in [-0.15, -0.1) is 0 Å². The fourth-order valence-electron chi connectivity index (χ4n) is 2.85. The molecule has 0 aliphatic rings. The van der Waals surface area contributed by atoms with Crippen molar-refractivity contribution in [3.8, 4) is 17.2 Å². The molecule has 0 saturated heterocycles. The van der Waals surface area contributed by atoms with Crippen molar-refractivity contribution in [1.82, 2.24) is 0 Å². The molecule has 4 nitrogen and oxygen atoms in total. The molecule has 166 valence electrons. The topological polar surface area (TPSA) is 44.8 Å². The van der Waals surface area contributed by atoms with Gasteiger partial charge in [-0.25, -0.2) is 0 Å². The van der Waals surface area contributed by atoms with Crippen LogP contribution in [0.15, 0.2) is 66.7 Å². The number of alkyl halides is 2. The number of carbonyl (C=O) groups is 1. The summed E-state index contributed by atoms with van der Waals surface area (Å²) in [6.07, 6.45) is 2.89. The van der Waals surface area contributed by atoms with Gasteiger partial charge >= 0.3 is 6.61 Å². The zero-order valence-electron chi connectivity index (χ0n) is 16.9. The molecule has 0 radical (unpaired) electrons. The van der Waals surface area contributed by atoms with Gasteiger partial charge in [0.05, 0.1) is 17.2 Å². The quantitative estimate of drug-likeness (QED) is 0.243. The monoisotopic (exact) mass is 478 g/mol. The molecule has 3 rings (SSSR count). The van der Waals surface area contributed by atoms with Gasteiger partial charge in [-0.05, 0) is 48.0 Å². The molecule has 32 heavy (non-hydrogen) atoms. The Bertz CT molecular complexity index is 1130. The Labute approximate surface area is 193 Å². The maximum absolute atomic E-state index is 12.5. The van der Waals surface area contributed by atoms with Crippen molar-refractivity contribution in [2.45, 2.75) is 13.2 Å². The second kappa shape index (κ2) is 11.0. The highest BCUT2D eigenvalue weighted by Gasteiger charge is 2.12. The smallest absolute Gasteiger partial charge is 0.387 e. The van der Waals surface area contributed by atoms with E-state index in [-0.39, 0.29) is 23.7 Å². The molecule has 0 heterocycles. The van der Waals surface area contributed by atoms with Crippen LogP contribution in [0.4, 0.5) is 8.78 Å². The molecule has 0 aliphatic heterocycles. The maximum Gasteiger partial charge on any atom is 0.387 e. The summed E-state index contributed by atoms with van der Waals surface area (Å²) in [5.41, 5.74) is 1.60. The molecule has 0 saturated carbocycles. The minimum absolute atomic E-state index is 0.0914. The third-order valence-corrected chi connectivity index (χ3v) is 5.09. The molecule has 0 aliphatic carbocycles. The number of carbonyl (C=O) groups excluding carboxylic acids is 1. The van der Waals surface area contributed by atoms with Crippen molar-refractivity contribution < 1.29 is 27.8 Å². The molecule has 0 N–H and O–H groups in total. The number of para-hydroxylation sites is 1. The Morgan fingerprint density at radius 1 is 1.03 bits per heavy atom. The number of hydrogen-bond donors (Lipinski definition) is 0. The summed E-state index contributed by atoms with van der Waals surface area (Å²) in [5, 5.41) is 0.856. The highest BCUT2D eigenvalue weighted by atomic mass is 35.5. The lowest BCUT2D eigenvalue weighted by Gasteiger charge is -2.14. The second-order valence-corrected chi connectivity index (χ2v) is 7.33. The van der Waals surface area contributed by atoms with Crippen LogP contribution in [0.5, 0.6) is 17.2 Å². The summed E-state index contributed by atoms with van der Waals surface area (Å²) in [4.78, 5) is 12.5. The first-order valence-corrected chi connectivity index (χ1v) is 10.1. The third kappa shape index (κ3) is 6.22. The lowest BCUT2D eigenvalue weighted by Crippen LogP contribution is -2.03. The van der Waals surface area contributed by atoms with E-state index in [1.165, 1.54) is 37.5 Å². The van der Waals surface area contributed by atoms with Crippen LogP contribution in [0.2, 0.25) is 10.0 Å². The van der Waals surface area contributed by atoms with Crippen LogP contribution in [0, 0.1) is 0 Å². The minimum atomic E-state index is -2.97. The van der Waals surface area contributed by atoms with Crippen LogP contribution in [-0.4, -0.2) is 19.5 Å². The van der Waals surface area contributed by atoms with Crippen LogP contribution in [-0.2, 0) is 6.61 Å². The van der Waals surface area contributed by atoms with E-state index < -0.39 is 6.61 Å². The van der Waals surface area contributed by atoms with E-state index in [9.17, 15) is 13.6 Å². The van der Waals surface area contributed by atoms with Crippen LogP contribution in [0.3, 0.4) is 0 Å². The summed E-state index contributed by atoms with van der Waals surface area (Å²) < 4.78 is 40.5. The van der Waals surface area contributed by atoms with Crippen molar-refractivity contribution >= 4 is 35.1 Å². The van der Waals surface area contributed by atoms with E-state index in [1.807, 2.05) is 0 Å². The van der Waals surface area contributed by atoms with Gasteiger partial charge in [-0.2, -0.15) is 8.78 Å². The average molecular weight is 479 g/mol. The summed E-state index contributed by atoms with van der Waals surface area (Å²) in [6.45, 7) is -2.78. The van der Waals surface area contributed by atoms with Crippen LogP contribution >= 0.6 is 23.2 Å². The third-order valence-electron chi connectivity index (χ3n) is 4.35. The Morgan fingerprint density at radius 2 is 1.81 bits per heavy atom. The van der Waals surface area contributed by atoms with Crippen LogP contribution in [0.25, 0.3) is 6.08 Å². The minimum Gasteiger partial charge on any atom is -0.493 e. The molecule has 3 aromatic carbocycles. The first kappa shape index (κ1) is 23.6. The average Bonchev–Trinajstić information content (AvgIpc) is 2.78. The van der Waals surface area contributed by atoms with Gasteiger partial charge in [0, 0.05) is 11.1 Å². The van der Waals surface area contributed by atoms with E-state index in [0.717, 1.165) is 5.56 Å². The number of rotatable bonds is 9. The fourth-order valence-corrected chi connectivity index (χ4v) is 3.17. The summed E-state index contributed by atoms with van der Waals surface area (Å²) >= 11 is 12.0. The van der Waals surface area contributed by atoms with Gasteiger partial charge < -0.3 is 14.2 Å². The van der Waals surface area contributed by atoms with E-state index >= 15 is 0 Å². The van der Waals surface area contributed by atoms with Gasteiger partial charge in [0.25, 0.3) is 0 Å². The van der Waals surface area contributed by atoms with Gasteiger partial charge in [0.1, 0.15) is 12.4 Å². The Morgan fingerprint density at radius 3 is 2.53 bits per heavy atom. The highest BCUT2D eigenvalue weighted by Crippen LogP contribution is 2.33. The molecule has 3 aromatic rings. The van der Waals surface area contributed by atoms with Crippen LogP contribution < -0.4 is 14.2 Å². The lowest BCUT2D eigenvalue weighted by atomic mass is 10.1. The molecule has 0 unspecified atom stereocenters. The summed E-state index contributed by atoms with van der Waals surface area (Å²) in [6, 6.07) is 16.0. The van der Waals surface area contributed by atoms with E-state index in [0.29, 0.717) is 27.1 Å². The molecular weight excluding hydrogens is 461 g/mol. The first-order chi connectivity index (χ1) is 15.4. The predicted octanol–water partition coefficient (Wildman–Crippen LogP) is 7.08. The highest BCUT2D eigenvalue weighted by molar-refractivity contribution is 6.42. The normalized spacial score (nSPS) is 11.1. The molecule has 0 bridgehead atoms. The zero-order valence-corrected chi connectivity index (χ0v) is 18.4. The molecule has 0 spiro atoms. The number of hydrogen-bond acceptors (Lipinski definition) is 4. The van der Waals surface area contributed by atoms with Crippen molar-refractivity contribution in [3.63, 3.8) is 0 Å². The Balaban J connectivity index is 1.81. The summed E-state index contributed by atoms with van der Waals surface area (Å²) in [7, 11) is 1.51. The Kier molecular flexibility index (Phi) is 8.09. The zero-order chi connectivity index (χ0) is 23.1. The lowest BCUT2D eigenvalue weighted by molar-refractivity contribution is -0.0498. The van der Waals surface area contributed by atoms with Crippen molar-refractivity contribution in [2.75, 3.05) is 7.11 Å². The van der Waals surface area contributed by atoms with Crippen molar-refractivity contribution in [3.05, 3.63) is 93.5 Å². The maximum atomic E-state index is 12.5. The number of ether oxygens (including phenoxy) is 3. The number of allylic oxidation sites excluding steroid dienone is 1. The molecular formula is C24H18Cl2F2O4. The van der Waals surface area contributed by atoms with Crippen molar-refractivity contribution in [2.24, 2.45) is 0 Å². The Hall–Kier alpha value is -3.09. The van der Waals surface area contributed by atoms with Gasteiger partial charge in [0.15, 0.2) is 17.3 Å². The molecule has 8 heteroatoms. The predicted molar refractivity (Wildman–Crippen MR) is 120 cm³/mol. The molecule has 0 atom stereocenters. The first-order valence-electron chi connectivity index (χ1n) is 9.38. The molecule has 0 aromatic heterocycles. The van der Waals surface area contributed by atoms with Crippen LogP contribution in [0.1, 0.15) is 21.5 Å². The SMILES string of the molecule is COc1cccc(/C=C/C(=O)c2cccc(OC(F)F)c2)c1OCc1ccc(Cl)c(Cl)c1. The van der Waals surface area contributed by atoms with Crippen molar-refractivity contribution in [1.29, 1.82) is 0 Å². The second-order valence-electron chi connectivity index (χ2n) is 6.52. The number of methoxy groups -OCH3 is 1. The van der Waals surface area contributed by atoms with E-state index in [4.69, 9.17) is 32.7 Å². The van der Waals surface area contributed by atoms with Gasteiger partial charge in [0.2, 0.25) is 0 Å². The number of ketones is 1. The van der Waals surface area contributed by atoms with E-state index in [2.05, 4.69) is 4.74 Å². The fraction of sp³-hybridized carbons (Fsp3) is 0.125. The number of benzene rings is 3. The largest absolute Gasteiger partial charge is 0.493 e. The molecule has 0 fully saturated rings. The molecule has 0 amide bonds. The number of halogens is 4. The summed E-state index contributed by atoms with van der Waals surface area (Å²) in [5.74, 6) is 0.432.